The fourth-order valence-electron chi connectivity index (χ4n) is 9.00. The summed E-state index contributed by atoms with van der Waals surface area (Å²) in [5.41, 5.74) is 16.9. The van der Waals surface area contributed by atoms with E-state index in [1.807, 2.05) is 48.2 Å². The Bertz CT molecular complexity index is 3030. The molecule has 2 heterocycles. The molecule has 1 spiro atoms. The number of benzene rings is 8. The van der Waals surface area contributed by atoms with E-state index in [1.54, 1.807) is 0 Å². The fourth-order valence-corrected chi connectivity index (χ4v) is 10.2. The zero-order valence-electron chi connectivity index (χ0n) is 31.3. The van der Waals surface area contributed by atoms with E-state index >= 15 is 0 Å². The average Bonchev–Trinajstić information content (AvgIpc) is 3.59. The van der Waals surface area contributed by atoms with Crippen LogP contribution in [0.15, 0.2) is 210 Å². The molecule has 0 fully saturated rings. The van der Waals surface area contributed by atoms with Gasteiger partial charge >= 0.3 is 0 Å². The zero-order valence-corrected chi connectivity index (χ0v) is 32.1. The molecule has 1 aliphatic carbocycles. The quantitative estimate of drug-likeness (QED) is 0.175. The highest BCUT2D eigenvalue weighted by molar-refractivity contribution is 7.99. The topological polar surface area (TPSA) is 49.6 Å². The molecule has 0 atom stereocenters. The number of rotatable bonds is 5. The summed E-state index contributed by atoms with van der Waals surface area (Å²) in [7, 11) is 0. The van der Waals surface area contributed by atoms with Gasteiger partial charge < -0.3 is 0 Å². The molecule has 0 saturated heterocycles. The van der Waals surface area contributed by atoms with E-state index in [0.717, 1.165) is 44.8 Å². The lowest BCUT2D eigenvalue weighted by Gasteiger charge is -2.39. The van der Waals surface area contributed by atoms with Crippen molar-refractivity contribution in [2.75, 3.05) is 0 Å². The van der Waals surface area contributed by atoms with Crippen LogP contribution >= 0.6 is 11.8 Å². The predicted octanol–water partition coefficient (Wildman–Crippen LogP) is 13.5. The Labute approximate surface area is 342 Å². The minimum absolute atomic E-state index is 0.531. The van der Waals surface area contributed by atoms with Crippen molar-refractivity contribution in [2.45, 2.75) is 15.2 Å². The minimum Gasteiger partial charge on any atom is -0.228 e. The van der Waals surface area contributed by atoms with E-state index in [4.69, 9.17) is 9.97 Å². The highest BCUT2D eigenvalue weighted by atomic mass is 32.2. The maximum absolute atomic E-state index is 9.66. The van der Waals surface area contributed by atoms with Gasteiger partial charge in [-0.2, -0.15) is 5.26 Å². The van der Waals surface area contributed by atoms with Gasteiger partial charge in [-0.1, -0.05) is 176 Å². The van der Waals surface area contributed by atoms with Gasteiger partial charge in [-0.15, -0.1) is 0 Å². The third kappa shape index (κ3) is 5.36. The summed E-state index contributed by atoms with van der Waals surface area (Å²) in [6, 6.07) is 73.2. The molecule has 9 aromatic rings. The normalized spacial score (nSPS) is 12.9. The molecule has 0 amide bonds. The highest BCUT2D eigenvalue weighted by Gasteiger charge is 2.50. The van der Waals surface area contributed by atoms with Gasteiger partial charge in [0.05, 0.1) is 28.4 Å². The van der Waals surface area contributed by atoms with Crippen LogP contribution in [0, 0.1) is 11.3 Å². The summed E-state index contributed by atoms with van der Waals surface area (Å²) < 4.78 is 0. The third-order valence-electron chi connectivity index (χ3n) is 11.6. The summed E-state index contributed by atoms with van der Waals surface area (Å²) in [5, 5.41) is 9.66. The summed E-state index contributed by atoms with van der Waals surface area (Å²) in [5.74, 6) is 0.683. The Hall–Kier alpha value is -7.32. The first-order valence-electron chi connectivity index (χ1n) is 19.5. The van der Waals surface area contributed by atoms with Crippen LogP contribution in [-0.2, 0) is 5.41 Å². The van der Waals surface area contributed by atoms with E-state index in [-0.39, 0.29) is 0 Å². The smallest absolute Gasteiger partial charge is 0.160 e. The molecular formula is C54H33N3S. The molecule has 270 valence electrons. The van der Waals surface area contributed by atoms with E-state index in [9.17, 15) is 5.26 Å². The minimum atomic E-state index is -0.531. The second kappa shape index (κ2) is 13.7. The van der Waals surface area contributed by atoms with Crippen LogP contribution in [0.3, 0.4) is 0 Å². The molecule has 0 radical (unpaired) electrons. The second-order valence-electron chi connectivity index (χ2n) is 14.8. The van der Waals surface area contributed by atoms with Crippen molar-refractivity contribution in [2.24, 2.45) is 0 Å². The number of aromatic nitrogens is 2. The second-order valence-corrected chi connectivity index (χ2v) is 15.9. The molecule has 4 heteroatoms. The van der Waals surface area contributed by atoms with E-state index in [0.29, 0.717) is 11.4 Å². The molecule has 1 aromatic heterocycles. The van der Waals surface area contributed by atoms with Gasteiger partial charge in [0.15, 0.2) is 5.82 Å². The van der Waals surface area contributed by atoms with Gasteiger partial charge in [0.2, 0.25) is 0 Å². The summed E-state index contributed by atoms with van der Waals surface area (Å²) in [6.45, 7) is 0. The van der Waals surface area contributed by atoms with Crippen molar-refractivity contribution in [3.8, 4) is 73.4 Å². The molecule has 8 aromatic carbocycles. The largest absolute Gasteiger partial charge is 0.228 e. The first-order valence-corrected chi connectivity index (χ1v) is 20.3. The zero-order chi connectivity index (χ0) is 38.6. The van der Waals surface area contributed by atoms with Gasteiger partial charge in [0.25, 0.3) is 0 Å². The van der Waals surface area contributed by atoms with Crippen LogP contribution in [0.25, 0.3) is 67.3 Å². The Morgan fingerprint density at radius 1 is 0.397 bits per heavy atom. The van der Waals surface area contributed by atoms with Crippen LogP contribution in [0.2, 0.25) is 0 Å². The maximum Gasteiger partial charge on any atom is 0.160 e. The van der Waals surface area contributed by atoms with Crippen molar-refractivity contribution in [3.63, 3.8) is 0 Å². The van der Waals surface area contributed by atoms with Crippen molar-refractivity contribution < 1.29 is 0 Å². The summed E-state index contributed by atoms with van der Waals surface area (Å²) in [4.78, 5) is 13.0. The Kier molecular flexibility index (Phi) is 8.03. The lowest BCUT2D eigenvalue weighted by molar-refractivity contribution is 0.722. The van der Waals surface area contributed by atoms with Gasteiger partial charge in [-0.3, -0.25) is 0 Å². The fraction of sp³-hybridized carbons (Fsp3) is 0.0185. The average molecular weight is 756 g/mol. The monoisotopic (exact) mass is 755 g/mol. The van der Waals surface area contributed by atoms with Crippen LogP contribution in [-0.4, -0.2) is 9.97 Å². The van der Waals surface area contributed by atoms with Gasteiger partial charge in [0, 0.05) is 26.5 Å². The third-order valence-corrected chi connectivity index (χ3v) is 12.8. The molecule has 0 saturated carbocycles. The number of nitrogens with zero attached hydrogens (tertiary/aromatic N) is 3. The van der Waals surface area contributed by atoms with E-state index in [2.05, 4.69) is 170 Å². The Morgan fingerprint density at radius 3 is 1.60 bits per heavy atom. The SMILES string of the molecule is N#Cc1ccc(-c2cccc3c2-c2cc(-c4cc(-c5ccc(-c6ccccc6)cc5)nc(-c5ccccc5)n4)ccc2C32c3ccccc3Sc3ccccc32)cc1. The number of nitriles is 1. The molecular weight excluding hydrogens is 723 g/mol. The Morgan fingerprint density at radius 2 is 0.931 bits per heavy atom. The highest BCUT2D eigenvalue weighted by Crippen LogP contribution is 2.63. The van der Waals surface area contributed by atoms with Crippen LogP contribution < -0.4 is 0 Å². The van der Waals surface area contributed by atoms with E-state index in [1.165, 1.54) is 48.7 Å². The molecule has 0 bridgehead atoms. The van der Waals surface area contributed by atoms with E-state index < -0.39 is 5.41 Å². The molecule has 58 heavy (non-hydrogen) atoms. The maximum atomic E-state index is 9.66. The molecule has 0 N–H and O–H groups in total. The lowest BCUT2D eigenvalue weighted by Crippen LogP contribution is -2.31. The van der Waals surface area contributed by atoms with Crippen LogP contribution in [0.4, 0.5) is 0 Å². The van der Waals surface area contributed by atoms with Crippen molar-refractivity contribution in [1.29, 1.82) is 5.26 Å². The van der Waals surface area contributed by atoms with Gasteiger partial charge in [-0.05, 0) is 92.0 Å². The number of fused-ring (bicyclic) bond motifs is 9. The molecule has 2 aliphatic rings. The summed E-state index contributed by atoms with van der Waals surface area (Å²) >= 11 is 1.85. The standard InChI is InChI=1S/C54H33N3S/c55-34-35-22-24-38(25-23-35)42-16-11-19-47-52(42)43-32-41(30-31-44(43)54(47)45-17-7-9-20-50(45)58-51-21-10-8-18-46(51)54)49-33-48(56-53(57-49)40-14-5-2-6-15-40)39-28-26-37(27-29-39)36-12-3-1-4-13-36/h1-33H. The molecule has 1 aliphatic heterocycles. The molecule has 11 rings (SSSR count). The van der Waals surface area contributed by atoms with Gasteiger partial charge in [-0.25, -0.2) is 9.97 Å². The van der Waals surface area contributed by atoms with Crippen molar-refractivity contribution >= 4 is 11.8 Å². The first kappa shape index (κ1) is 34.0. The number of hydrogen-bond donors (Lipinski definition) is 0. The Balaban J connectivity index is 1.15. The number of hydrogen-bond acceptors (Lipinski definition) is 4. The predicted molar refractivity (Wildman–Crippen MR) is 235 cm³/mol. The molecule has 0 unspecified atom stereocenters. The first-order chi connectivity index (χ1) is 28.7. The van der Waals surface area contributed by atoms with Crippen LogP contribution in [0.1, 0.15) is 27.8 Å². The molecule has 3 nitrogen and oxygen atoms in total. The van der Waals surface area contributed by atoms with Gasteiger partial charge in [0.1, 0.15) is 0 Å². The van der Waals surface area contributed by atoms with Crippen molar-refractivity contribution in [1.82, 2.24) is 9.97 Å². The summed E-state index contributed by atoms with van der Waals surface area (Å²) in [6.07, 6.45) is 0. The van der Waals surface area contributed by atoms with Crippen molar-refractivity contribution in [3.05, 3.63) is 228 Å². The van der Waals surface area contributed by atoms with Crippen LogP contribution in [0.5, 0.6) is 0 Å². The lowest BCUT2D eigenvalue weighted by atomic mass is 9.67.